The van der Waals surface area contributed by atoms with Crippen LogP contribution in [0.1, 0.15) is 37.7 Å². The maximum absolute atomic E-state index is 10.9. The van der Waals surface area contributed by atoms with Gasteiger partial charge in [-0.1, -0.05) is 19.3 Å². The monoisotopic (exact) mass is 280 g/mol. The molecule has 4 N–H and O–H groups in total. The van der Waals surface area contributed by atoms with Crippen LogP contribution in [0.2, 0.25) is 0 Å². The van der Waals surface area contributed by atoms with Crippen LogP contribution in [0.5, 0.6) is 0 Å². The number of nitrogens with one attached hydrogen (secondary N) is 2. The molecule has 0 spiro atoms. The smallest absolute Gasteiger partial charge is 0.124 e. The molecule has 0 saturated heterocycles. The minimum absolute atomic E-state index is 0.120. The molecule has 19 heavy (non-hydrogen) atoms. The lowest BCUT2D eigenvalue weighted by molar-refractivity contribution is 0.462. The summed E-state index contributed by atoms with van der Waals surface area (Å²) in [6, 6.07) is 5.05. The zero-order valence-corrected chi connectivity index (χ0v) is 11.5. The molecular weight excluding hydrogens is 262 g/mol. The number of nitrogen functional groups attached to an aromatic ring is 1. The normalized spacial score (nSPS) is 17.9. The molecule has 5 nitrogen and oxygen atoms in total. The van der Waals surface area contributed by atoms with E-state index in [9.17, 15) is 8.76 Å². The standard InChI is InChI=1S/C13H19N3O2S/c14-13(15)11-8-10(19(17)18)6-7-12(11)16-9-4-2-1-3-5-9/h6-9,16H,1-5H2,(H3,14,15)(H,17,18)/p-1. The molecule has 0 aliphatic heterocycles. The fraction of sp³-hybridized carbons (Fsp3) is 0.462. The van der Waals surface area contributed by atoms with Gasteiger partial charge >= 0.3 is 0 Å². The van der Waals surface area contributed by atoms with E-state index in [1.54, 1.807) is 6.07 Å². The Labute approximate surface area is 115 Å². The predicted octanol–water partition coefficient (Wildman–Crippen LogP) is 1.95. The van der Waals surface area contributed by atoms with E-state index in [1.165, 1.54) is 31.4 Å². The molecule has 1 atom stereocenters. The first-order chi connectivity index (χ1) is 9.08. The second-order valence-electron chi connectivity index (χ2n) is 4.84. The third-order valence-electron chi connectivity index (χ3n) is 3.44. The summed E-state index contributed by atoms with van der Waals surface area (Å²) in [6.45, 7) is 0. The highest BCUT2D eigenvalue weighted by atomic mass is 32.2. The SMILES string of the molecule is N=C(N)c1cc(S(=O)[O-])ccc1NC1CCCCC1. The molecule has 104 valence electrons. The molecule has 0 aromatic heterocycles. The van der Waals surface area contributed by atoms with Gasteiger partial charge in [-0.15, -0.1) is 0 Å². The van der Waals surface area contributed by atoms with E-state index in [1.807, 2.05) is 0 Å². The van der Waals surface area contributed by atoms with Crippen molar-refractivity contribution < 1.29 is 8.76 Å². The maximum Gasteiger partial charge on any atom is 0.124 e. The van der Waals surface area contributed by atoms with Crippen molar-refractivity contribution in [2.24, 2.45) is 5.73 Å². The van der Waals surface area contributed by atoms with Gasteiger partial charge in [-0.3, -0.25) is 9.62 Å². The first-order valence-electron chi connectivity index (χ1n) is 6.42. The van der Waals surface area contributed by atoms with Gasteiger partial charge in [-0.25, -0.2) is 0 Å². The number of nitrogens with two attached hydrogens (primary N) is 1. The second kappa shape index (κ2) is 6.16. The third-order valence-corrected chi connectivity index (χ3v) is 4.08. The zero-order chi connectivity index (χ0) is 13.8. The largest absolute Gasteiger partial charge is 0.768 e. The minimum Gasteiger partial charge on any atom is -0.768 e. The fourth-order valence-electron chi connectivity index (χ4n) is 2.44. The Morgan fingerprint density at radius 1 is 1.37 bits per heavy atom. The predicted molar refractivity (Wildman–Crippen MR) is 75.1 cm³/mol. The van der Waals surface area contributed by atoms with E-state index in [-0.39, 0.29) is 10.7 Å². The van der Waals surface area contributed by atoms with Crippen LogP contribution >= 0.6 is 0 Å². The average molecular weight is 280 g/mol. The number of benzene rings is 1. The van der Waals surface area contributed by atoms with Crippen molar-refractivity contribution in [2.75, 3.05) is 5.32 Å². The molecule has 1 unspecified atom stereocenters. The summed E-state index contributed by atoms with van der Waals surface area (Å²) in [5.41, 5.74) is 6.73. The van der Waals surface area contributed by atoms with Crippen molar-refractivity contribution in [1.29, 1.82) is 5.41 Å². The van der Waals surface area contributed by atoms with E-state index in [2.05, 4.69) is 5.32 Å². The number of anilines is 1. The van der Waals surface area contributed by atoms with Crippen molar-refractivity contribution in [3.05, 3.63) is 23.8 Å². The van der Waals surface area contributed by atoms with Gasteiger partial charge in [-0.05, 0) is 42.1 Å². The molecule has 1 aromatic rings. The van der Waals surface area contributed by atoms with Gasteiger partial charge in [0.25, 0.3) is 0 Å². The molecule has 6 heteroatoms. The Morgan fingerprint density at radius 3 is 2.63 bits per heavy atom. The highest BCUT2D eigenvalue weighted by Gasteiger charge is 2.15. The number of hydrogen-bond acceptors (Lipinski definition) is 4. The molecule has 2 rings (SSSR count). The molecule has 1 aliphatic carbocycles. The lowest BCUT2D eigenvalue weighted by Crippen LogP contribution is -2.24. The quantitative estimate of drug-likeness (QED) is 0.445. The van der Waals surface area contributed by atoms with E-state index >= 15 is 0 Å². The summed E-state index contributed by atoms with van der Waals surface area (Å²) in [7, 11) is 0. The van der Waals surface area contributed by atoms with Gasteiger partial charge in [0.1, 0.15) is 5.84 Å². The maximum atomic E-state index is 10.9. The summed E-state index contributed by atoms with van der Waals surface area (Å²) in [5, 5.41) is 10.9. The highest BCUT2D eigenvalue weighted by Crippen LogP contribution is 2.25. The van der Waals surface area contributed by atoms with Gasteiger partial charge in [0.2, 0.25) is 0 Å². The van der Waals surface area contributed by atoms with Crippen LogP contribution in [0.25, 0.3) is 0 Å². The van der Waals surface area contributed by atoms with E-state index in [0.717, 1.165) is 18.5 Å². The second-order valence-corrected chi connectivity index (χ2v) is 5.78. The van der Waals surface area contributed by atoms with E-state index in [0.29, 0.717) is 11.6 Å². The van der Waals surface area contributed by atoms with Gasteiger partial charge in [0.05, 0.1) is 0 Å². The molecule has 1 aliphatic rings. The molecule has 0 amide bonds. The number of hydrogen-bond donors (Lipinski definition) is 3. The molecule has 0 radical (unpaired) electrons. The van der Waals surface area contributed by atoms with Crippen molar-refractivity contribution in [2.45, 2.75) is 43.0 Å². The Bertz CT molecular complexity index is 499. The van der Waals surface area contributed by atoms with E-state index in [4.69, 9.17) is 11.1 Å². The van der Waals surface area contributed by atoms with Gasteiger partial charge < -0.3 is 15.6 Å². The van der Waals surface area contributed by atoms with Crippen molar-refractivity contribution in [3.8, 4) is 0 Å². The summed E-state index contributed by atoms with van der Waals surface area (Å²) < 4.78 is 21.9. The van der Waals surface area contributed by atoms with Gasteiger partial charge in [0.15, 0.2) is 0 Å². The van der Waals surface area contributed by atoms with E-state index < -0.39 is 11.1 Å². The molecule has 1 aromatic carbocycles. The summed E-state index contributed by atoms with van der Waals surface area (Å²) in [4.78, 5) is 0.152. The highest BCUT2D eigenvalue weighted by molar-refractivity contribution is 7.79. The molecule has 1 saturated carbocycles. The Kier molecular flexibility index (Phi) is 4.55. The molecular formula is C13H18N3O2S-. The summed E-state index contributed by atoms with van der Waals surface area (Å²) in [6.07, 6.45) is 5.89. The Hall–Kier alpha value is -1.40. The van der Waals surface area contributed by atoms with Crippen LogP contribution in [0.15, 0.2) is 23.1 Å². The van der Waals surface area contributed by atoms with Gasteiger partial charge in [-0.2, -0.15) is 0 Å². The van der Waals surface area contributed by atoms with Crippen LogP contribution in [0, 0.1) is 5.41 Å². The van der Waals surface area contributed by atoms with Crippen molar-refractivity contribution >= 4 is 22.6 Å². The van der Waals surface area contributed by atoms with Crippen LogP contribution in [0.4, 0.5) is 5.69 Å². The molecule has 0 heterocycles. The fourth-order valence-corrected chi connectivity index (χ4v) is 2.84. The van der Waals surface area contributed by atoms with Gasteiger partial charge in [0, 0.05) is 22.2 Å². The Morgan fingerprint density at radius 2 is 2.05 bits per heavy atom. The lowest BCUT2D eigenvalue weighted by Gasteiger charge is -2.25. The molecule has 1 fully saturated rings. The lowest BCUT2D eigenvalue weighted by atomic mass is 9.95. The summed E-state index contributed by atoms with van der Waals surface area (Å²) >= 11 is -2.30. The number of rotatable bonds is 4. The van der Waals surface area contributed by atoms with Crippen LogP contribution < -0.4 is 11.1 Å². The Balaban J connectivity index is 2.23. The minimum atomic E-state index is -2.30. The third kappa shape index (κ3) is 3.54. The topological polar surface area (TPSA) is 102 Å². The molecule has 0 bridgehead atoms. The van der Waals surface area contributed by atoms with Crippen LogP contribution in [-0.4, -0.2) is 20.6 Å². The van der Waals surface area contributed by atoms with Crippen molar-refractivity contribution in [3.63, 3.8) is 0 Å². The van der Waals surface area contributed by atoms with Crippen LogP contribution in [0.3, 0.4) is 0 Å². The first kappa shape index (κ1) is 14.0. The number of amidine groups is 1. The first-order valence-corrected chi connectivity index (χ1v) is 7.49. The van der Waals surface area contributed by atoms with Crippen molar-refractivity contribution in [1.82, 2.24) is 0 Å². The van der Waals surface area contributed by atoms with Crippen LogP contribution in [-0.2, 0) is 11.1 Å². The average Bonchev–Trinajstić information content (AvgIpc) is 2.39. The zero-order valence-electron chi connectivity index (χ0n) is 10.6. The summed E-state index contributed by atoms with van der Waals surface area (Å²) in [5.74, 6) is -0.120.